The van der Waals surface area contributed by atoms with Gasteiger partial charge in [0.25, 0.3) is 0 Å². The second-order valence-corrected chi connectivity index (χ2v) is 6.43. The summed E-state index contributed by atoms with van der Waals surface area (Å²) >= 11 is 0. The lowest BCUT2D eigenvalue weighted by Crippen LogP contribution is -2.48. The van der Waals surface area contributed by atoms with Gasteiger partial charge in [-0.15, -0.1) is 0 Å². The van der Waals surface area contributed by atoms with E-state index >= 15 is 0 Å². The van der Waals surface area contributed by atoms with Crippen molar-refractivity contribution < 1.29 is 9.59 Å². The molecule has 0 saturated carbocycles. The van der Waals surface area contributed by atoms with E-state index in [0.29, 0.717) is 22.9 Å². The van der Waals surface area contributed by atoms with Crippen LogP contribution in [0.2, 0.25) is 0 Å². The average molecular weight is 349 g/mol. The van der Waals surface area contributed by atoms with Crippen molar-refractivity contribution in [3.8, 4) is 0 Å². The molecule has 1 fully saturated rings. The van der Waals surface area contributed by atoms with E-state index in [9.17, 15) is 9.59 Å². The van der Waals surface area contributed by atoms with Crippen molar-refractivity contribution in [1.29, 1.82) is 0 Å². The molecule has 0 aromatic carbocycles. The van der Waals surface area contributed by atoms with Crippen LogP contribution < -0.4 is 15.1 Å². The maximum Gasteiger partial charge on any atom is 0.329 e. The highest BCUT2D eigenvalue weighted by Gasteiger charge is 2.41. The topological polar surface area (TPSA) is 78.4 Å². The summed E-state index contributed by atoms with van der Waals surface area (Å²) in [6, 6.07) is 6.97. The highest BCUT2D eigenvalue weighted by molar-refractivity contribution is 6.05. The van der Waals surface area contributed by atoms with Gasteiger partial charge in [-0.2, -0.15) is 0 Å². The summed E-state index contributed by atoms with van der Waals surface area (Å²) in [5.74, 6) is 0.845. The zero-order valence-corrected chi connectivity index (χ0v) is 14.5. The molecule has 2 aromatic heterocycles. The first-order valence-corrected chi connectivity index (χ1v) is 8.53. The van der Waals surface area contributed by atoms with E-state index in [1.165, 1.54) is 6.92 Å². The first kappa shape index (κ1) is 16.3. The van der Waals surface area contributed by atoms with Crippen molar-refractivity contribution in [2.24, 2.45) is 0 Å². The Morgan fingerprint density at radius 2 is 2.23 bits per heavy atom. The quantitative estimate of drug-likeness (QED) is 0.862. The number of pyridine rings is 2. The van der Waals surface area contributed by atoms with Crippen molar-refractivity contribution in [3.05, 3.63) is 48.3 Å². The van der Waals surface area contributed by atoms with Crippen LogP contribution in [-0.4, -0.2) is 40.9 Å². The third-order valence-electron chi connectivity index (χ3n) is 4.78. The van der Waals surface area contributed by atoms with Crippen LogP contribution in [0.3, 0.4) is 0 Å². The van der Waals surface area contributed by atoms with E-state index in [0.717, 1.165) is 25.2 Å². The molecule has 0 aliphatic carbocycles. The second-order valence-electron chi connectivity index (χ2n) is 6.43. The van der Waals surface area contributed by atoms with Crippen molar-refractivity contribution in [1.82, 2.24) is 9.97 Å². The third kappa shape index (κ3) is 2.61. The minimum atomic E-state index is -0.287. The maximum absolute atomic E-state index is 13.0. The fourth-order valence-electron chi connectivity index (χ4n) is 3.57. The van der Waals surface area contributed by atoms with Crippen LogP contribution in [0.5, 0.6) is 0 Å². The normalized spacial score (nSPS) is 17.7. The standard InChI is InChI=1S/C19H19N5O2/c1-3-13-10-15-18(22-17(13)12(2)25)24(14-7-9-23(15)11-14)19(26)21-16-6-4-5-8-20-16/h3-6,8,10,14H,1,7,9,11H2,2H3,(H,20,21,26)/t14-/m0/s1. The Balaban J connectivity index is 1.77. The van der Waals surface area contributed by atoms with E-state index in [2.05, 4.69) is 26.8 Å². The molecule has 1 saturated heterocycles. The number of nitrogens with one attached hydrogen (secondary N) is 1. The fraction of sp³-hybridized carbons (Fsp3) is 0.263. The van der Waals surface area contributed by atoms with Gasteiger partial charge in [0.15, 0.2) is 11.6 Å². The maximum atomic E-state index is 13.0. The van der Waals surface area contributed by atoms with E-state index in [4.69, 9.17) is 0 Å². The summed E-state index contributed by atoms with van der Waals surface area (Å²) in [4.78, 5) is 37.5. The van der Waals surface area contributed by atoms with Crippen molar-refractivity contribution in [3.63, 3.8) is 0 Å². The van der Waals surface area contributed by atoms with Crippen molar-refractivity contribution >= 4 is 35.2 Å². The number of fused-ring (bicyclic) bond motifs is 4. The molecule has 132 valence electrons. The number of nitrogens with zero attached hydrogens (tertiary/aromatic N) is 4. The Bertz CT molecular complexity index is 896. The van der Waals surface area contributed by atoms with Gasteiger partial charge >= 0.3 is 6.03 Å². The predicted octanol–water partition coefficient (Wildman–Crippen LogP) is 2.95. The first-order valence-electron chi connectivity index (χ1n) is 8.53. The summed E-state index contributed by atoms with van der Waals surface area (Å²) in [6.45, 7) is 6.85. The molecule has 0 unspecified atom stereocenters. The van der Waals surface area contributed by atoms with Gasteiger partial charge in [-0.25, -0.2) is 14.8 Å². The van der Waals surface area contributed by atoms with E-state index in [1.54, 1.807) is 29.3 Å². The molecule has 1 N–H and O–H groups in total. The smallest absolute Gasteiger partial charge is 0.329 e. The minimum Gasteiger partial charge on any atom is -0.366 e. The molecule has 0 spiro atoms. The Kier molecular flexibility index (Phi) is 3.91. The Hall–Kier alpha value is -3.22. The number of anilines is 3. The molecule has 2 aliphatic heterocycles. The Labute approximate surface area is 151 Å². The lowest BCUT2D eigenvalue weighted by molar-refractivity contribution is 0.101. The van der Waals surface area contributed by atoms with Crippen LogP contribution >= 0.6 is 0 Å². The van der Waals surface area contributed by atoms with Gasteiger partial charge in [0, 0.05) is 31.8 Å². The molecule has 2 amide bonds. The monoisotopic (exact) mass is 349 g/mol. The van der Waals surface area contributed by atoms with Crippen LogP contribution in [0.25, 0.3) is 6.08 Å². The summed E-state index contributed by atoms with van der Waals surface area (Å²) in [5, 5.41) is 2.82. The highest BCUT2D eigenvalue weighted by Crippen LogP contribution is 2.40. The first-order chi connectivity index (χ1) is 12.6. The zero-order chi connectivity index (χ0) is 18.3. The van der Waals surface area contributed by atoms with Crippen LogP contribution in [0, 0.1) is 0 Å². The zero-order valence-electron chi connectivity index (χ0n) is 14.5. The molecular weight excluding hydrogens is 330 g/mol. The number of urea groups is 1. The van der Waals surface area contributed by atoms with E-state index in [-0.39, 0.29) is 17.9 Å². The summed E-state index contributed by atoms with van der Waals surface area (Å²) in [6.07, 6.45) is 4.11. The van der Waals surface area contributed by atoms with Crippen molar-refractivity contribution in [2.45, 2.75) is 19.4 Å². The van der Waals surface area contributed by atoms with Gasteiger partial charge in [0.2, 0.25) is 0 Å². The number of hydrogen-bond acceptors (Lipinski definition) is 5. The van der Waals surface area contributed by atoms with Gasteiger partial charge in [-0.05, 0) is 24.6 Å². The number of aromatic nitrogens is 2. The molecule has 2 aromatic rings. The predicted molar refractivity (Wildman–Crippen MR) is 101 cm³/mol. The molecule has 2 bridgehead atoms. The number of amides is 2. The van der Waals surface area contributed by atoms with Crippen LogP contribution in [-0.2, 0) is 0 Å². The van der Waals surface area contributed by atoms with Gasteiger partial charge in [-0.1, -0.05) is 18.7 Å². The highest BCUT2D eigenvalue weighted by atomic mass is 16.2. The molecule has 7 nitrogen and oxygen atoms in total. The molecule has 2 aliphatic rings. The lowest BCUT2D eigenvalue weighted by atomic mass is 10.1. The van der Waals surface area contributed by atoms with Crippen LogP contribution in [0.15, 0.2) is 37.0 Å². The molecule has 4 heterocycles. The van der Waals surface area contributed by atoms with Crippen LogP contribution in [0.4, 0.5) is 22.1 Å². The number of carbonyl (C=O) groups excluding carboxylic acids is 2. The number of Topliss-reactive ketones (excluding diaryl/α,β-unsaturated/α-hetero) is 1. The molecule has 7 heteroatoms. The SMILES string of the molecule is C=Cc1cc2c(nc1C(C)=O)N(C(=O)Nc1ccccn1)[C@H]1CCN2C1. The Morgan fingerprint density at radius 1 is 1.38 bits per heavy atom. The molecule has 1 atom stereocenters. The number of ketones is 1. The summed E-state index contributed by atoms with van der Waals surface area (Å²) in [5.41, 5.74) is 1.87. The van der Waals surface area contributed by atoms with Gasteiger partial charge in [0.05, 0.1) is 11.7 Å². The largest absolute Gasteiger partial charge is 0.366 e. The van der Waals surface area contributed by atoms with Crippen molar-refractivity contribution in [2.75, 3.05) is 28.2 Å². The number of hydrogen-bond donors (Lipinski definition) is 1. The van der Waals surface area contributed by atoms with E-state index in [1.807, 2.05) is 12.1 Å². The van der Waals surface area contributed by atoms with Gasteiger partial charge in [-0.3, -0.25) is 15.0 Å². The second kappa shape index (κ2) is 6.25. The number of rotatable bonds is 3. The van der Waals surface area contributed by atoms with Gasteiger partial charge < -0.3 is 4.90 Å². The third-order valence-corrected chi connectivity index (χ3v) is 4.78. The average Bonchev–Trinajstić information content (AvgIpc) is 3.06. The number of carbonyl (C=O) groups is 2. The molecule has 4 rings (SSSR count). The van der Waals surface area contributed by atoms with Gasteiger partial charge in [0.1, 0.15) is 11.5 Å². The molecule has 0 radical (unpaired) electrons. The fourth-order valence-corrected chi connectivity index (χ4v) is 3.57. The Morgan fingerprint density at radius 3 is 2.92 bits per heavy atom. The molecule has 26 heavy (non-hydrogen) atoms. The molecular formula is C19H19N5O2. The summed E-state index contributed by atoms with van der Waals surface area (Å²) < 4.78 is 0. The summed E-state index contributed by atoms with van der Waals surface area (Å²) in [7, 11) is 0. The minimum absolute atomic E-state index is 0.0214. The van der Waals surface area contributed by atoms with Crippen LogP contribution in [0.1, 0.15) is 29.4 Å². The lowest BCUT2D eigenvalue weighted by Gasteiger charge is -2.36. The van der Waals surface area contributed by atoms with E-state index < -0.39 is 0 Å².